The van der Waals surface area contributed by atoms with Crippen molar-refractivity contribution in [2.45, 2.75) is 13.5 Å². The van der Waals surface area contributed by atoms with E-state index in [1.807, 2.05) is 48.5 Å². The topological polar surface area (TPSA) is 50.4 Å². The number of nitrogens with one attached hydrogen (secondary N) is 2. The molecule has 0 spiro atoms. The van der Waals surface area contributed by atoms with E-state index in [0.717, 1.165) is 22.7 Å². The molecule has 1 amide bonds. The van der Waals surface area contributed by atoms with Gasteiger partial charge in [-0.15, -0.1) is 0 Å². The number of amides is 1. The van der Waals surface area contributed by atoms with E-state index in [0.29, 0.717) is 6.54 Å². The number of methoxy groups -OCH3 is 1. The number of rotatable bonds is 5. The molecule has 2 aromatic carbocycles. The molecule has 0 fully saturated rings. The lowest BCUT2D eigenvalue weighted by Crippen LogP contribution is -2.10. The van der Waals surface area contributed by atoms with Crippen LogP contribution in [0, 0.1) is 0 Å². The molecule has 2 aromatic rings. The highest BCUT2D eigenvalue weighted by molar-refractivity contribution is 5.89. The van der Waals surface area contributed by atoms with Gasteiger partial charge in [0.25, 0.3) is 0 Å². The summed E-state index contributed by atoms with van der Waals surface area (Å²) >= 11 is 0. The van der Waals surface area contributed by atoms with Crippen LogP contribution in [0.15, 0.2) is 48.5 Å². The second-order valence-corrected chi connectivity index (χ2v) is 4.39. The predicted molar refractivity (Wildman–Crippen MR) is 81.1 cm³/mol. The van der Waals surface area contributed by atoms with Gasteiger partial charge in [0.05, 0.1) is 12.8 Å². The normalized spacial score (nSPS) is 9.90. The van der Waals surface area contributed by atoms with E-state index in [9.17, 15) is 4.79 Å². The van der Waals surface area contributed by atoms with Gasteiger partial charge in [0.2, 0.25) is 5.91 Å². The number of carbonyl (C=O) groups is 1. The molecule has 0 atom stereocenters. The number of ether oxygens (including phenoxy) is 1. The molecule has 0 radical (unpaired) electrons. The maximum absolute atomic E-state index is 11.2. The van der Waals surface area contributed by atoms with Gasteiger partial charge in [-0.2, -0.15) is 0 Å². The van der Waals surface area contributed by atoms with Crippen LogP contribution in [0.25, 0.3) is 0 Å². The molecule has 0 heterocycles. The van der Waals surface area contributed by atoms with E-state index in [1.54, 1.807) is 7.11 Å². The Balaban J connectivity index is 2.12. The summed E-state index contributed by atoms with van der Waals surface area (Å²) in [4.78, 5) is 11.2. The van der Waals surface area contributed by atoms with Crippen LogP contribution in [0.5, 0.6) is 5.75 Å². The Labute approximate surface area is 118 Å². The fraction of sp³-hybridized carbons (Fsp3) is 0.188. The van der Waals surface area contributed by atoms with Crippen molar-refractivity contribution in [3.63, 3.8) is 0 Å². The number of carbonyl (C=O) groups excluding carboxylic acids is 1. The quantitative estimate of drug-likeness (QED) is 0.876. The number of anilines is 2. The third kappa shape index (κ3) is 3.51. The minimum absolute atomic E-state index is 0.0743. The molecule has 20 heavy (non-hydrogen) atoms. The molecule has 0 aromatic heterocycles. The van der Waals surface area contributed by atoms with E-state index in [1.165, 1.54) is 6.92 Å². The van der Waals surface area contributed by atoms with Crippen molar-refractivity contribution in [1.29, 1.82) is 0 Å². The van der Waals surface area contributed by atoms with E-state index in [2.05, 4.69) is 10.6 Å². The van der Waals surface area contributed by atoms with Crippen LogP contribution in [-0.4, -0.2) is 13.0 Å². The van der Waals surface area contributed by atoms with Crippen LogP contribution in [0.3, 0.4) is 0 Å². The van der Waals surface area contributed by atoms with Crippen molar-refractivity contribution >= 4 is 17.3 Å². The summed E-state index contributed by atoms with van der Waals surface area (Å²) < 4.78 is 5.30. The summed E-state index contributed by atoms with van der Waals surface area (Å²) in [7, 11) is 1.64. The molecule has 104 valence electrons. The molecule has 0 saturated heterocycles. The summed E-state index contributed by atoms with van der Waals surface area (Å²) in [5.74, 6) is 0.722. The molecule has 0 aliphatic carbocycles. The Hall–Kier alpha value is -2.49. The molecule has 4 nitrogen and oxygen atoms in total. The second kappa shape index (κ2) is 6.61. The van der Waals surface area contributed by atoms with Gasteiger partial charge in [-0.05, 0) is 23.8 Å². The lowest BCUT2D eigenvalue weighted by atomic mass is 10.1. The van der Waals surface area contributed by atoms with E-state index in [-0.39, 0.29) is 5.91 Å². The zero-order valence-electron chi connectivity index (χ0n) is 11.6. The first-order valence-electron chi connectivity index (χ1n) is 6.43. The third-order valence-corrected chi connectivity index (χ3v) is 2.90. The minimum Gasteiger partial charge on any atom is -0.495 e. The average Bonchev–Trinajstić information content (AvgIpc) is 2.46. The maximum atomic E-state index is 11.2. The van der Waals surface area contributed by atoms with Crippen molar-refractivity contribution in [2.24, 2.45) is 0 Å². The largest absolute Gasteiger partial charge is 0.495 e. The first-order chi connectivity index (χ1) is 9.70. The van der Waals surface area contributed by atoms with Gasteiger partial charge in [0.15, 0.2) is 0 Å². The third-order valence-electron chi connectivity index (χ3n) is 2.90. The number of hydrogen-bond acceptors (Lipinski definition) is 3. The van der Waals surface area contributed by atoms with Crippen molar-refractivity contribution in [3.05, 3.63) is 54.1 Å². The number of benzene rings is 2. The summed E-state index contributed by atoms with van der Waals surface area (Å²) in [6, 6.07) is 15.5. The minimum atomic E-state index is -0.0743. The molecule has 0 bridgehead atoms. The highest BCUT2D eigenvalue weighted by atomic mass is 16.5. The highest BCUT2D eigenvalue weighted by Gasteiger charge is 2.05. The number of para-hydroxylation sites is 3. The summed E-state index contributed by atoms with van der Waals surface area (Å²) in [5.41, 5.74) is 2.77. The van der Waals surface area contributed by atoms with Gasteiger partial charge >= 0.3 is 0 Å². The molecule has 2 N–H and O–H groups in total. The molecule has 0 saturated carbocycles. The molecule has 0 unspecified atom stereocenters. The summed E-state index contributed by atoms with van der Waals surface area (Å²) in [5, 5.41) is 6.15. The lowest BCUT2D eigenvalue weighted by Gasteiger charge is -2.13. The lowest BCUT2D eigenvalue weighted by molar-refractivity contribution is -0.114. The average molecular weight is 270 g/mol. The summed E-state index contributed by atoms with van der Waals surface area (Å²) in [6.07, 6.45) is 0. The van der Waals surface area contributed by atoms with Crippen LogP contribution >= 0.6 is 0 Å². The fourth-order valence-corrected chi connectivity index (χ4v) is 1.97. The Morgan fingerprint density at radius 3 is 2.40 bits per heavy atom. The Morgan fingerprint density at radius 2 is 1.70 bits per heavy atom. The predicted octanol–water partition coefficient (Wildman–Crippen LogP) is 3.27. The van der Waals surface area contributed by atoms with Crippen molar-refractivity contribution in [1.82, 2.24) is 0 Å². The van der Waals surface area contributed by atoms with Gasteiger partial charge in [-0.25, -0.2) is 0 Å². The van der Waals surface area contributed by atoms with E-state index >= 15 is 0 Å². The molecule has 4 heteroatoms. The van der Waals surface area contributed by atoms with Gasteiger partial charge in [-0.3, -0.25) is 4.79 Å². The molecule has 2 rings (SSSR count). The van der Waals surface area contributed by atoms with Crippen LogP contribution < -0.4 is 15.4 Å². The zero-order chi connectivity index (χ0) is 14.4. The molecular formula is C16H18N2O2. The smallest absolute Gasteiger partial charge is 0.221 e. The highest BCUT2D eigenvalue weighted by Crippen LogP contribution is 2.24. The molecule has 0 aliphatic heterocycles. The van der Waals surface area contributed by atoms with Crippen LogP contribution in [0.2, 0.25) is 0 Å². The van der Waals surface area contributed by atoms with Crippen molar-refractivity contribution in [3.8, 4) is 5.75 Å². The van der Waals surface area contributed by atoms with Crippen molar-refractivity contribution < 1.29 is 9.53 Å². The van der Waals surface area contributed by atoms with Gasteiger partial charge in [0, 0.05) is 19.2 Å². The SMILES string of the molecule is COc1ccccc1NCc1ccccc1NC(C)=O. The monoisotopic (exact) mass is 270 g/mol. The maximum Gasteiger partial charge on any atom is 0.221 e. The standard InChI is InChI=1S/C16H18N2O2/c1-12(19)18-14-8-4-3-7-13(14)11-17-15-9-5-6-10-16(15)20-2/h3-10,17H,11H2,1-2H3,(H,18,19). The first kappa shape index (κ1) is 13.9. The number of hydrogen-bond donors (Lipinski definition) is 2. The van der Waals surface area contributed by atoms with E-state index in [4.69, 9.17) is 4.74 Å². The summed E-state index contributed by atoms with van der Waals surface area (Å²) in [6.45, 7) is 2.11. The van der Waals surface area contributed by atoms with Gasteiger partial charge in [-0.1, -0.05) is 30.3 Å². The fourth-order valence-electron chi connectivity index (χ4n) is 1.97. The molecular weight excluding hydrogens is 252 g/mol. The van der Waals surface area contributed by atoms with Gasteiger partial charge in [0.1, 0.15) is 5.75 Å². The van der Waals surface area contributed by atoms with E-state index < -0.39 is 0 Å². The van der Waals surface area contributed by atoms with Crippen LogP contribution in [0.4, 0.5) is 11.4 Å². The van der Waals surface area contributed by atoms with Gasteiger partial charge < -0.3 is 15.4 Å². The second-order valence-electron chi connectivity index (χ2n) is 4.39. The van der Waals surface area contributed by atoms with Crippen molar-refractivity contribution in [2.75, 3.05) is 17.7 Å². The Bertz CT molecular complexity index is 597. The Kier molecular flexibility index (Phi) is 4.60. The van der Waals surface area contributed by atoms with Crippen LogP contribution in [0.1, 0.15) is 12.5 Å². The Morgan fingerprint density at radius 1 is 1.05 bits per heavy atom. The first-order valence-corrected chi connectivity index (χ1v) is 6.43. The molecule has 0 aliphatic rings. The zero-order valence-corrected chi connectivity index (χ0v) is 11.6. The van der Waals surface area contributed by atoms with Crippen LogP contribution in [-0.2, 0) is 11.3 Å².